The lowest BCUT2D eigenvalue weighted by Crippen LogP contribution is -2.39. The number of hydrogen-bond donors (Lipinski definition) is 0. The Hall–Kier alpha value is -2.60. The van der Waals surface area contributed by atoms with Crippen LogP contribution in [0, 0.1) is 0 Å². The zero-order valence-corrected chi connectivity index (χ0v) is 15.9. The molecule has 1 saturated heterocycles. The fourth-order valence-corrected chi connectivity index (χ4v) is 3.88. The molecule has 1 aliphatic heterocycles. The number of fused-ring (bicyclic) bond motifs is 1. The maximum atomic E-state index is 12.7. The van der Waals surface area contributed by atoms with Gasteiger partial charge in [-0.3, -0.25) is 9.20 Å². The number of carbonyl (C=O) groups excluding carboxylic acids is 1. The standard InChI is InChI=1S/C20H21ClN4O2/c1-27-17-6-5-16(21)12-15(17)13-19(26)24-10-7-14(8-11-24)20-23-22-18-4-2-3-9-25(18)20/h2-6,9,12,14H,7-8,10-11,13H2,1H3. The van der Waals surface area contributed by atoms with Gasteiger partial charge in [0, 0.05) is 35.8 Å². The molecule has 1 aromatic carbocycles. The summed E-state index contributed by atoms with van der Waals surface area (Å²) < 4.78 is 7.39. The van der Waals surface area contributed by atoms with Crippen molar-refractivity contribution in [2.75, 3.05) is 20.2 Å². The highest BCUT2D eigenvalue weighted by molar-refractivity contribution is 6.30. The third kappa shape index (κ3) is 3.62. The number of ether oxygens (including phenoxy) is 1. The molecule has 0 N–H and O–H groups in total. The van der Waals surface area contributed by atoms with E-state index >= 15 is 0 Å². The molecule has 1 amide bonds. The molecule has 2 aromatic heterocycles. The first-order valence-corrected chi connectivity index (χ1v) is 9.43. The van der Waals surface area contributed by atoms with Gasteiger partial charge < -0.3 is 9.64 Å². The minimum absolute atomic E-state index is 0.0973. The SMILES string of the molecule is COc1ccc(Cl)cc1CC(=O)N1CCC(c2nnc3ccccn23)CC1. The summed E-state index contributed by atoms with van der Waals surface area (Å²) in [6, 6.07) is 11.3. The van der Waals surface area contributed by atoms with Gasteiger partial charge in [0.15, 0.2) is 5.65 Å². The van der Waals surface area contributed by atoms with Crippen LogP contribution in [0.4, 0.5) is 0 Å². The van der Waals surface area contributed by atoms with Crippen molar-refractivity contribution in [1.82, 2.24) is 19.5 Å². The fraction of sp³-hybridized carbons (Fsp3) is 0.350. The Bertz CT molecular complexity index is 964. The quantitative estimate of drug-likeness (QED) is 0.692. The van der Waals surface area contributed by atoms with Crippen LogP contribution in [0.5, 0.6) is 5.75 Å². The van der Waals surface area contributed by atoms with E-state index in [1.54, 1.807) is 25.3 Å². The minimum atomic E-state index is 0.0973. The molecular weight excluding hydrogens is 364 g/mol. The van der Waals surface area contributed by atoms with Crippen LogP contribution in [0.1, 0.15) is 30.1 Å². The molecule has 6 nitrogen and oxygen atoms in total. The molecule has 1 aliphatic rings. The molecule has 4 rings (SSSR count). The van der Waals surface area contributed by atoms with Crippen LogP contribution in [-0.4, -0.2) is 45.6 Å². The number of likely N-dealkylation sites (tertiary alicyclic amines) is 1. The Labute approximate surface area is 162 Å². The molecule has 3 aromatic rings. The first-order chi connectivity index (χ1) is 13.2. The van der Waals surface area contributed by atoms with Crippen molar-refractivity contribution in [2.45, 2.75) is 25.2 Å². The summed E-state index contributed by atoms with van der Waals surface area (Å²) in [5.41, 5.74) is 1.68. The Kier molecular flexibility index (Phi) is 4.99. The molecule has 0 unspecified atom stereocenters. The average Bonchev–Trinajstić information content (AvgIpc) is 3.12. The molecule has 0 bridgehead atoms. The van der Waals surface area contributed by atoms with Gasteiger partial charge in [0.1, 0.15) is 11.6 Å². The topological polar surface area (TPSA) is 59.7 Å². The number of piperidine rings is 1. The molecule has 0 spiro atoms. The second kappa shape index (κ2) is 7.56. The lowest BCUT2D eigenvalue weighted by Gasteiger charge is -2.31. The smallest absolute Gasteiger partial charge is 0.227 e. The first kappa shape index (κ1) is 17.8. The Morgan fingerprint density at radius 2 is 2.04 bits per heavy atom. The highest BCUT2D eigenvalue weighted by Gasteiger charge is 2.27. The summed E-state index contributed by atoms with van der Waals surface area (Å²) in [6.45, 7) is 1.43. The summed E-state index contributed by atoms with van der Waals surface area (Å²) in [4.78, 5) is 14.7. The van der Waals surface area contributed by atoms with Crippen molar-refractivity contribution in [2.24, 2.45) is 0 Å². The van der Waals surface area contributed by atoms with Crippen LogP contribution in [-0.2, 0) is 11.2 Å². The number of aromatic nitrogens is 3. The van der Waals surface area contributed by atoms with Gasteiger partial charge in [-0.05, 0) is 43.2 Å². The van der Waals surface area contributed by atoms with Crippen LogP contribution in [0.2, 0.25) is 5.02 Å². The van der Waals surface area contributed by atoms with Crippen molar-refractivity contribution in [3.63, 3.8) is 0 Å². The molecule has 1 fully saturated rings. The van der Waals surface area contributed by atoms with Crippen molar-refractivity contribution in [1.29, 1.82) is 0 Å². The molecular formula is C20H21ClN4O2. The monoisotopic (exact) mass is 384 g/mol. The number of carbonyl (C=O) groups is 1. The molecule has 27 heavy (non-hydrogen) atoms. The number of pyridine rings is 1. The highest BCUT2D eigenvalue weighted by atomic mass is 35.5. The van der Waals surface area contributed by atoms with Crippen LogP contribution in [0.15, 0.2) is 42.6 Å². The largest absolute Gasteiger partial charge is 0.496 e. The van der Waals surface area contributed by atoms with E-state index in [0.29, 0.717) is 36.2 Å². The van der Waals surface area contributed by atoms with Crippen molar-refractivity contribution >= 4 is 23.2 Å². The third-order valence-corrected chi connectivity index (χ3v) is 5.37. The predicted molar refractivity (Wildman–Crippen MR) is 103 cm³/mol. The van der Waals surface area contributed by atoms with Crippen LogP contribution < -0.4 is 4.74 Å². The Morgan fingerprint density at radius 1 is 1.22 bits per heavy atom. The Balaban J connectivity index is 1.42. The second-order valence-electron chi connectivity index (χ2n) is 6.78. The number of rotatable bonds is 4. The lowest BCUT2D eigenvalue weighted by atomic mass is 9.95. The number of benzene rings is 1. The average molecular weight is 385 g/mol. The summed E-state index contributed by atoms with van der Waals surface area (Å²) in [5, 5.41) is 9.21. The molecule has 0 atom stereocenters. The summed E-state index contributed by atoms with van der Waals surface area (Å²) in [7, 11) is 1.60. The van der Waals surface area contributed by atoms with E-state index in [1.165, 1.54) is 0 Å². The summed E-state index contributed by atoms with van der Waals surface area (Å²) in [5.74, 6) is 2.08. The normalized spacial score (nSPS) is 15.3. The summed E-state index contributed by atoms with van der Waals surface area (Å²) in [6.07, 6.45) is 4.05. The van der Waals surface area contributed by atoms with Crippen LogP contribution in [0.3, 0.4) is 0 Å². The number of amides is 1. The number of methoxy groups -OCH3 is 1. The first-order valence-electron chi connectivity index (χ1n) is 9.05. The van der Waals surface area contributed by atoms with Crippen molar-refractivity contribution in [3.05, 3.63) is 59.0 Å². The molecule has 0 aliphatic carbocycles. The molecule has 7 heteroatoms. The molecule has 3 heterocycles. The molecule has 0 radical (unpaired) electrons. The highest BCUT2D eigenvalue weighted by Crippen LogP contribution is 2.28. The number of nitrogens with zero attached hydrogens (tertiary/aromatic N) is 4. The van der Waals surface area contributed by atoms with Crippen molar-refractivity contribution < 1.29 is 9.53 Å². The van der Waals surface area contributed by atoms with E-state index in [-0.39, 0.29) is 5.91 Å². The zero-order valence-electron chi connectivity index (χ0n) is 15.1. The third-order valence-electron chi connectivity index (χ3n) is 5.14. The van der Waals surface area contributed by atoms with Gasteiger partial charge in [-0.1, -0.05) is 17.7 Å². The number of hydrogen-bond acceptors (Lipinski definition) is 4. The van der Waals surface area contributed by atoms with E-state index in [0.717, 1.165) is 29.9 Å². The van der Waals surface area contributed by atoms with Crippen LogP contribution >= 0.6 is 11.6 Å². The minimum Gasteiger partial charge on any atom is -0.496 e. The number of halogens is 1. The van der Waals surface area contributed by atoms with Crippen LogP contribution in [0.25, 0.3) is 5.65 Å². The molecule has 0 saturated carbocycles. The van der Waals surface area contributed by atoms with Crippen molar-refractivity contribution in [3.8, 4) is 5.75 Å². The van der Waals surface area contributed by atoms with Gasteiger partial charge in [0.2, 0.25) is 5.91 Å². The van der Waals surface area contributed by atoms with Gasteiger partial charge >= 0.3 is 0 Å². The van der Waals surface area contributed by atoms with E-state index in [9.17, 15) is 4.79 Å². The van der Waals surface area contributed by atoms with Gasteiger partial charge in [-0.2, -0.15) is 0 Å². The summed E-state index contributed by atoms with van der Waals surface area (Å²) >= 11 is 6.07. The maximum Gasteiger partial charge on any atom is 0.227 e. The van der Waals surface area contributed by atoms with E-state index in [1.807, 2.05) is 33.7 Å². The van der Waals surface area contributed by atoms with Gasteiger partial charge in [0.25, 0.3) is 0 Å². The zero-order chi connectivity index (χ0) is 18.8. The molecule has 140 valence electrons. The van der Waals surface area contributed by atoms with E-state index in [4.69, 9.17) is 16.3 Å². The van der Waals surface area contributed by atoms with E-state index in [2.05, 4.69) is 10.2 Å². The predicted octanol–water partition coefficient (Wildman–Crippen LogP) is 3.34. The Morgan fingerprint density at radius 3 is 2.81 bits per heavy atom. The maximum absolute atomic E-state index is 12.7. The van der Waals surface area contributed by atoms with Gasteiger partial charge in [-0.25, -0.2) is 0 Å². The lowest BCUT2D eigenvalue weighted by molar-refractivity contribution is -0.131. The van der Waals surface area contributed by atoms with Gasteiger partial charge in [-0.15, -0.1) is 10.2 Å². The second-order valence-corrected chi connectivity index (χ2v) is 7.21. The van der Waals surface area contributed by atoms with Gasteiger partial charge in [0.05, 0.1) is 13.5 Å². The fourth-order valence-electron chi connectivity index (χ4n) is 3.69. The van der Waals surface area contributed by atoms with E-state index < -0.39 is 0 Å².